The Hall–Kier alpha value is -3.35. The number of barbiturate groups is 1. The molecule has 3 rings (SSSR count). The summed E-state index contributed by atoms with van der Waals surface area (Å²) in [4.78, 5) is 51.0. The molecule has 0 saturated carbocycles. The van der Waals surface area contributed by atoms with E-state index in [1.165, 1.54) is 37.3 Å². The lowest BCUT2D eigenvalue weighted by Gasteiger charge is -2.38. The number of hydrogen-bond donors (Lipinski definition) is 1. The van der Waals surface area contributed by atoms with Crippen LogP contribution in [-0.4, -0.2) is 28.7 Å². The SMILES string of the molecule is CCC1(c2ccccc2F)C(=O)NC(=O)N(C(=O)c2ccccc2)C1=O. The van der Waals surface area contributed by atoms with Crippen LogP contribution in [0.25, 0.3) is 0 Å². The zero-order valence-corrected chi connectivity index (χ0v) is 13.9. The van der Waals surface area contributed by atoms with E-state index in [9.17, 15) is 23.6 Å². The van der Waals surface area contributed by atoms with Crippen LogP contribution in [0.15, 0.2) is 54.6 Å². The molecule has 0 spiro atoms. The molecule has 2 aromatic rings. The standard InChI is InChI=1S/C19H15FN2O4/c1-2-19(13-10-6-7-11-14(13)20)16(24)21-18(26)22(17(19)25)15(23)12-8-4-3-5-9-12/h3-11H,2H2,1H3,(H,21,24,26). The van der Waals surface area contributed by atoms with E-state index in [0.29, 0.717) is 4.90 Å². The number of nitrogens with one attached hydrogen (secondary N) is 1. The molecule has 1 saturated heterocycles. The van der Waals surface area contributed by atoms with Crippen LogP contribution in [0.2, 0.25) is 0 Å². The van der Waals surface area contributed by atoms with Gasteiger partial charge in [0, 0.05) is 11.1 Å². The molecule has 26 heavy (non-hydrogen) atoms. The first-order chi connectivity index (χ1) is 12.4. The Kier molecular flexibility index (Phi) is 4.38. The van der Waals surface area contributed by atoms with Gasteiger partial charge in [-0.3, -0.25) is 19.7 Å². The number of imide groups is 4. The van der Waals surface area contributed by atoms with Gasteiger partial charge in [-0.25, -0.2) is 9.18 Å². The van der Waals surface area contributed by atoms with E-state index in [-0.39, 0.29) is 17.5 Å². The van der Waals surface area contributed by atoms with Gasteiger partial charge >= 0.3 is 6.03 Å². The van der Waals surface area contributed by atoms with Crippen molar-refractivity contribution in [3.05, 3.63) is 71.5 Å². The topological polar surface area (TPSA) is 83.6 Å². The predicted octanol–water partition coefficient (Wildman–Crippen LogP) is 2.39. The molecular weight excluding hydrogens is 339 g/mol. The summed E-state index contributed by atoms with van der Waals surface area (Å²) in [6.07, 6.45) is -0.121. The second kappa shape index (κ2) is 6.51. The van der Waals surface area contributed by atoms with Gasteiger partial charge in [-0.15, -0.1) is 0 Å². The van der Waals surface area contributed by atoms with E-state index in [2.05, 4.69) is 0 Å². The Bertz CT molecular complexity index is 913. The molecule has 5 amide bonds. The number of halogens is 1. The molecule has 2 aromatic carbocycles. The summed E-state index contributed by atoms with van der Waals surface area (Å²) in [6, 6.07) is 11.9. The third kappa shape index (κ3) is 2.48. The highest BCUT2D eigenvalue weighted by Gasteiger charge is 2.56. The normalized spacial score (nSPS) is 20.1. The largest absolute Gasteiger partial charge is 0.338 e. The molecule has 1 aliphatic rings. The van der Waals surface area contributed by atoms with Crippen molar-refractivity contribution in [2.75, 3.05) is 0 Å². The van der Waals surface area contributed by atoms with Crippen LogP contribution in [-0.2, 0) is 15.0 Å². The number of carbonyl (C=O) groups excluding carboxylic acids is 4. The summed E-state index contributed by atoms with van der Waals surface area (Å²) in [5, 5.41) is 2.02. The van der Waals surface area contributed by atoms with Gasteiger partial charge in [0.1, 0.15) is 5.82 Å². The molecule has 1 atom stereocenters. The van der Waals surface area contributed by atoms with Crippen LogP contribution < -0.4 is 5.32 Å². The Labute approximate surface area is 148 Å². The number of nitrogens with zero attached hydrogens (tertiary/aromatic N) is 1. The quantitative estimate of drug-likeness (QED) is 0.678. The third-order valence-corrected chi connectivity index (χ3v) is 4.47. The molecule has 1 aliphatic heterocycles. The van der Waals surface area contributed by atoms with Crippen molar-refractivity contribution in [1.82, 2.24) is 10.2 Å². The molecule has 6 nitrogen and oxygen atoms in total. The fourth-order valence-corrected chi connectivity index (χ4v) is 3.08. The fraction of sp³-hybridized carbons (Fsp3) is 0.158. The van der Waals surface area contributed by atoms with Crippen LogP contribution in [0.1, 0.15) is 29.3 Å². The van der Waals surface area contributed by atoms with Crippen molar-refractivity contribution >= 4 is 23.8 Å². The number of rotatable bonds is 3. The minimum Gasteiger partial charge on any atom is -0.276 e. The number of amides is 5. The molecule has 1 fully saturated rings. The van der Waals surface area contributed by atoms with Crippen molar-refractivity contribution in [1.29, 1.82) is 0 Å². The van der Waals surface area contributed by atoms with Gasteiger partial charge in [0.15, 0.2) is 5.41 Å². The maximum atomic E-state index is 14.4. The monoisotopic (exact) mass is 354 g/mol. The number of carbonyl (C=O) groups is 4. The smallest absolute Gasteiger partial charge is 0.276 e. The van der Waals surface area contributed by atoms with Crippen molar-refractivity contribution < 1.29 is 23.6 Å². The van der Waals surface area contributed by atoms with Gasteiger partial charge in [-0.1, -0.05) is 43.3 Å². The summed E-state index contributed by atoms with van der Waals surface area (Å²) in [6.45, 7) is 1.52. The lowest BCUT2D eigenvalue weighted by molar-refractivity contribution is -0.143. The second-order valence-corrected chi connectivity index (χ2v) is 5.81. The van der Waals surface area contributed by atoms with Crippen LogP contribution in [0.5, 0.6) is 0 Å². The molecule has 1 unspecified atom stereocenters. The summed E-state index contributed by atoms with van der Waals surface area (Å²) in [5.74, 6) is -3.65. The van der Waals surface area contributed by atoms with E-state index < -0.39 is 35.0 Å². The maximum Gasteiger partial charge on any atom is 0.338 e. The molecule has 0 radical (unpaired) electrons. The van der Waals surface area contributed by atoms with E-state index in [4.69, 9.17) is 0 Å². The highest BCUT2D eigenvalue weighted by Crippen LogP contribution is 2.35. The number of hydrogen-bond acceptors (Lipinski definition) is 4. The summed E-state index contributed by atoms with van der Waals surface area (Å²) in [5.41, 5.74) is -2.07. The summed E-state index contributed by atoms with van der Waals surface area (Å²) in [7, 11) is 0. The van der Waals surface area contributed by atoms with Crippen LogP contribution in [0, 0.1) is 5.82 Å². The molecular formula is C19H15FN2O4. The van der Waals surface area contributed by atoms with Crippen LogP contribution in [0.3, 0.4) is 0 Å². The second-order valence-electron chi connectivity index (χ2n) is 5.81. The Morgan fingerprint density at radius 2 is 1.65 bits per heavy atom. The first-order valence-electron chi connectivity index (χ1n) is 7.97. The van der Waals surface area contributed by atoms with Crippen molar-refractivity contribution in [3.63, 3.8) is 0 Å². The average molecular weight is 354 g/mol. The molecule has 132 valence electrons. The lowest BCUT2D eigenvalue weighted by Crippen LogP contribution is -2.67. The minimum absolute atomic E-state index is 0.101. The molecule has 7 heteroatoms. The maximum absolute atomic E-state index is 14.4. The first-order valence-corrected chi connectivity index (χ1v) is 7.97. The summed E-state index contributed by atoms with van der Waals surface area (Å²) < 4.78 is 14.4. The molecule has 0 aromatic heterocycles. The molecule has 0 bridgehead atoms. The van der Waals surface area contributed by atoms with Crippen LogP contribution in [0.4, 0.5) is 9.18 Å². The minimum atomic E-state index is -2.00. The van der Waals surface area contributed by atoms with Gasteiger partial charge in [-0.2, -0.15) is 4.90 Å². The van der Waals surface area contributed by atoms with Gasteiger partial charge < -0.3 is 0 Å². The van der Waals surface area contributed by atoms with Crippen LogP contribution >= 0.6 is 0 Å². The zero-order chi connectivity index (χ0) is 18.9. The van der Waals surface area contributed by atoms with E-state index in [1.54, 1.807) is 18.2 Å². The molecule has 1 heterocycles. The number of benzene rings is 2. The van der Waals surface area contributed by atoms with Gasteiger partial charge in [-0.05, 0) is 24.6 Å². The van der Waals surface area contributed by atoms with E-state index in [1.807, 2.05) is 5.32 Å². The fourth-order valence-electron chi connectivity index (χ4n) is 3.08. The average Bonchev–Trinajstić information content (AvgIpc) is 2.64. The zero-order valence-electron chi connectivity index (χ0n) is 13.9. The molecule has 0 aliphatic carbocycles. The van der Waals surface area contributed by atoms with Crippen molar-refractivity contribution in [3.8, 4) is 0 Å². The number of urea groups is 1. The van der Waals surface area contributed by atoms with E-state index >= 15 is 0 Å². The Balaban J connectivity index is 2.14. The van der Waals surface area contributed by atoms with Gasteiger partial charge in [0.05, 0.1) is 0 Å². The highest BCUT2D eigenvalue weighted by atomic mass is 19.1. The van der Waals surface area contributed by atoms with E-state index in [0.717, 1.165) is 6.07 Å². The summed E-state index contributed by atoms with van der Waals surface area (Å²) >= 11 is 0. The predicted molar refractivity (Wildman–Crippen MR) is 89.5 cm³/mol. The lowest BCUT2D eigenvalue weighted by atomic mass is 9.74. The van der Waals surface area contributed by atoms with Crippen molar-refractivity contribution in [2.24, 2.45) is 0 Å². The molecule has 1 N–H and O–H groups in total. The van der Waals surface area contributed by atoms with Gasteiger partial charge in [0.2, 0.25) is 5.91 Å². The Morgan fingerprint density at radius 1 is 1.04 bits per heavy atom. The third-order valence-electron chi connectivity index (χ3n) is 4.47. The van der Waals surface area contributed by atoms with Crippen molar-refractivity contribution in [2.45, 2.75) is 18.8 Å². The van der Waals surface area contributed by atoms with Gasteiger partial charge in [0.25, 0.3) is 11.8 Å². The Morgan fingerprint density at radius 3 is 2.27 bits per heavy atom. The first kappa shape index (κ1) is 17.5. The highest BCUT2D eigenvalue weighted by molar-refractivity contribution is 6.30.